The molecule has 1 atom stereocenters. The molecule has 1 aromatic heterocycles. The number of rotatable bonds is 7. The number of nitrogens with one attached hydrogen (secondary N) is 1. The van der Waals surface area contributed by atoms with Gasteiger partial charge in [-0.3, -0.25) is 9.59 Å². The van der Waals surface area contributed by atoms with E-state index in [9.17, 15) is 9.59 Å². The predicted octanol–water partition coefficient (Wildman–Crippen LogP) is 3.74. The van der Waals surface area contributed by atoms with Crippen LogP contribution in [0, 0.1) is 5.92 Å². The topological polar surface area (TPSA) is 80.8 Å². The fraction of sp³-hybridized carbons (Fsp3) is 0.261. The van der Waals surface area contributed by atoms with Crippen molar-refractivity contribution >= 4 is 34.0 Å². The lowest BCUT2D eigenvalue weighted by molar-refractivity contribution is -0.122. The van der Waals surface area contributed by atoms with Gasteiger partial charge in [-0.05, 0) is 17.7 Å². The largest absolute Gasteiger partial charge is 0.497 e. The molecule has 4 rings (SSSR count). The van der Waals surface area contributed by atoms with Crippen LogP contribution >= 0.6 is 11.3 Å². The van der Waals surface area contributed by atoms with E-state index in [0.717, 1.165) is 11.3 Å². The molecule has 2 amide bonds. The van der Waals surface area contributed by atoms with E-state index in [0.29, 0.717) is 22.3 Å². The molecule has 1 unspecified atom stereocenters. The van der Waals surface area contributed by atoms with Gasteiger partial charge in [-0.25, -0.2) is 4.98 Å². The summed E-state index contributed by atoms with van der Waals surface area (Å²) in [6.07, 6.45) is 2.68. The van der Waals surface area contributed by atoms with Gasteiger partial charge in [0.15, 0.2) is 5.13 Å². The second-order valence-electron chi connectivity index (χ2n) is 7.23. The molecule has 0 saturated carbocycles. The van der Waals surface area contributed by atoms with Gasteiger partial charge < -0.3 is 19.7 Å². The first kappa shape index (κ1) is 20.9. The Morgan fingerprint density at radius 2 is 2.00 bits per heavy atom. The number of carbonyl (C=O) groups is 2. The number of carbonyl (C=O) groups excluding carboxylic acids is 2. The first-order valence-corrected chi connectivity index (χ1v) is 10.7. The van der Waals surface area contributed by atoms with Crippen molar-refractivity contribution in [1.82, 2.24) is 4.98 Å². The van der Waals surface area contributed by atoms with E-state index in [1.807, 2.05) is 18.2 Å². The fourth-order valence-electron chi connectivity index (χ4n) is 3.58. The van der Waals surface area contributed by atoms with Gasteiger partial charge in [-0.1, -0.05) is 30.3 Å². The van der Waals surface area contributed by atoms with E-state index in [4.69, 9.17) is 9.47 Å². The molecule has 31 heavy (non-hydrogen) atoms. The van der Waals surface area contributed by atoms with Crippen LogP contribution in [0.3, 0.4) is 0 Å². The molecule has 2 aromatic carbocycles. The molecule has 1 fully saturated rings. The van der Waals surface area contributed by atoms with Crippen molar-refractivity contribution in [3.05, 3.63) is 65.2 Å². The summed E-state index contributed by atoms with van der Waals surface area (Å²) >= 11 is 1.45. The molecule has 0 radical (unpaired) electrons. The van der Waals surface area contributed by atoms with Crippen molar-refractivity contribution in [2.24, 2.45) is 5.92 Å². The standard InChI is InChI=1S/C23H23N3O4S/c1-29-17-8-9-20(30-2)19(12-17)26-14-16(11-21(26)27)22(28)25-23-24-13-18(31-23)10-15-6-4-3-5-7-15/h3-9,12-13,16H,10-11,14H2,1-2H3,(H,24,25,28). The molecule has 1 aliphatic heterocycles. The van der Waals surface area contributed by atoms with Crippen LogP contribution in [0.1, 0.15) is 16.9 Å². The Morgan fingerprint density at radius 3 is 2.74 bits per heavy atom. The van der Waals surface area contributed by atoms with Gasteiger partial charge in [0.25, 0.3) is 0 Å². The number of anilines is 2. The van der Waals surface area contributed by atoms with Crippen molar-refractivity contribution in [3.8, 4) is 11.5 Å². The molecule has 3 aromatic rings. The summed E-state index contributed by atoms with van der Waals surface area (Å²) in [7, 11) is 3.11. The number of hydrogen-bond acceptors (Lipinski definition) is 6. The molecule has 0 aliphatic carbocycles. The first-order valence-electron chi connectivity index (χ1n) is 9.89. The predicted molar refractivity (Wildman–Crippen MR) is 120 cm³/mol. The van der Waals surface area contributed by atoms with Gasteiger partial charge in [0.1, 0.15) is 11.5 Å². The normalized spacial score (nSPS) is 15.7. The summed E-state index contributed by atoms with van der Waals surface area (Å²) in [6.45, 7) is 0.274. The average Bonchev–Trinajstić information content (AvgIpc) is 3.40. The van der Waals surface area contributed by atoms with Gasteiger partial charge in [0.2, 0.25) is 11.8 Å². The number of hydrogen-bond donors (Lipinski definition) is 1. The smallest absolute Gasteiger partial charge is 0.231 e. The van der Waals surface area contributed by atoms with Crippen LogP contribution in [-0.2, 0) is 16.0 Å². The lowest BCUT2D eigenvalue weighted by Crippen LogP contribution is -2.28. The molecule has 2 heterocycles. The number of thiazole rings is 1. The van der Waals surface area contributed by atoms with Gasteiger partial charge in [-0.15, -0.1) is 11.3 Å². The summed E-state index contributed by atoms with van der Waals surface area (Å²) in [6, 6.07) is 15.4. The van der Waals surface area contributed by atoms with E-state index in [1.54, 1.807) is 43.5 Å². The molecular weight excluding hydrogens is 414 g/mol. The van der Waals surface area contributed by atoms with E-state index in [2.05, 4.69) is 22.4 Å². The second kappa shape index (κ2) is 9.18. The molecule has 8 heteroatoms. The van der Waals surface area contributed by atoms with Crippen molar-refractivity contribution in [3.63, 3.8) is 0 Å². The first-order chi connectivity index (χ1) is 15.1. The molecule has 7 nitrogen and oxygen atoms in total. The highest BCUT2D eigenvalue weighted by Crippen LogP contribution is 2.36. The Balaban J connectivity index is 1.42. The Labute approximate surface area is 184 Å². The van der Waals surface area contributed by atoms with Crippen LogP contribution in [0.5, 0.6) is 11.5 Å². The van der Waals surface area contributed by atoms with Gasteiger partial charge in [0.05, 0.1) is 25.8 Å². The van der Waals surface area contributed by atoms with Crippen LogP contribution in [0.4, 0.5) is 10.8 Å². The van der Waals surface area contributed by atoms with Gasteiger partial charge >= 0.3 is 0 Å². The lowest BCUT2D eigenvalue weighted by atomic mass is 10.1. The highest BCUT2D eigenvalue weighted by molar-refractivity contribution is 7.15. The van der Waals surface area contributed by atoms with Crippen molar-refractivity contribution in [2.45, 2.75) is 12.8 Å². The zero-order chi connectivity index (χ0) is 21.8. The maximum absolute atomic E-state index is 12.8. The van der Waals surface area contributed by atoms with Crippen molar-refractivity contribution < 1.29 is 19.1 Å². The Kier molecular flexibility index (Phi) is 6.18. The highest BCUT2D eigenvalue weighted by Gasteiger charge is 2.36. The van der Waals surface area contributed by atoms with Crippen molar-refractivity contribution in [1.29, 1.82) is 0 Å². The number of methoxy groups -OCH3 is 2. The van der Waals surface area contributed by atoms with Crippen LogP contribution in [-0.4, -0.2) is 37.6 Å². The van der Waals surface area contributed by atoms with Crippen LogP contribution in [0.25, 0.3) is 0 Å². The molecule has 1 aliphatic rings. The molecule has 160 valence electrons. The monoisotopic (exact) mass is 437 g/mol. The van der Waals surface area contributed by atoms with Gasteiger partial charge in [-0.2, -0.15) is 0 Å². The zero-order valence-corrected chi connectivity index (χ0v) is 18.1. The minimum absolute atomic E-state index is 0.129. The van der Waals surface area contributed by atoms with Gasteiger partial charge in [0, 0.05) is 36.5 Å². The Bertz CT molecular complexity index is 1080. The number of aromatic nitrogens is 1. The third-order valence-corrected chi connectivity index (χ3v) is 6.09. The minimum atomic E-state index is -0.468. The maximum atomic E-state index is 12.8. The number of nitrogens with zero attached hydrogens (tertiary/aromatic N) is 2. The zero-order valence-electron chi connectivity index (χ0n) is 17.3. The van der Waals surface area contributed by atoms with E-state index < -0.39 is 5.92 Å². The minimum Gasteiger partial charge on any atom is -0.497 e. The third-order valence-electron chi connectivity index (χ3n) is 5.18. The quantitative estimate of drug-likeness (QED) is 0.609. The average molecular weight is 438 g/mol. The molecular formula is C23H23N3O4S. The van der Waals surface area contributed by atoms with Crippen molar-refractivity contribution in [2.75, 3.05) is 31.0 Å². The molecule has 0 bridgehead atoms. The Hall–Kier alpha value is -3.39. The molecule has 1 N–H and O–H groups in total. The summed E-state index contributed by atoms with van der Waals surface area (Å²) in [5, 5.41) is 3.41. The van der Waals surface area contributed by atoms with E-state index >= 15 is 0 Å². The van der Waals surface area contributed by atoms with Crippen LogP contribution < -0.4 is 19.7 Å². The SMILES string of the molecule is COc1ccc(OC)c(N2CC(C(=O)Nc3ncc(Cc4ccccc4)s3)CC2=O)c1. The molecule has 0 spiro atoms. The summed E-state index contributed by atoms with van der Waals surface area (Å²) < 4.78 is 10.7. The number of amides is 2. The van der Waals surface area contributed by atoms with Crippen LogP contribution in [0.15, 0.2) is 54.7 Å². The Morgan fingerprint density at radius 1 is 1.19 bits per heavy atom. The third kappa shape index (κ3) is 4.69. The second-order valence-corrected chi connectivity index (χ2v) is 8.34. The van der Waals surface area contributed by atoms with E-state index in [-0.39, 0.29) is 24.8 Å². The maximum Gasteiger partial charge on any atom is 0.231 e. The lowest BCUT2D eigenvalue weighted by Gasteiger charge is -2.20. The summed E-state index contributed by atoms with van der Waals surface area (Å²) in [5.74, 6) is 0.365. The van der Waals surface area contributed by atoms with E-state index in [1.165, 1.54) is 16.9 Å². The van der Waals surface area contributed by atoms with Crippen LogP contribution in [0.2, 0.25) is 0 Å². The number of ether oxygens (including phenoxy) is 2. The summed E-state index contributed by atoms with van der Waals surface area (Å²) in [4.78, 5) is 32.4. The summed E-state index contributed by atoms with van der Waals surface area (Å²) in [5.41, 5.74) is 1.79. The highest BCUT2D eigenvalue weighted by atomic mass is 32.1. The fourth-order valence-corrected chi connectivity index (χ4v) is 4.42. The number of benzene rings is 2. The molecule has 1 saturated heterocycles.